The molecule has 3 saturated heterocycles. The number of aryl methyl sites for hydroxylation is 9. The van der Waals surface area contributed by atoms with Crippen molar-refractivity contribution in [1.82, 2.24) is 15.6 Å². The van der Waals surface area contributed by atoms with E-state index in [1.807, 2.05) is 89.7 Å². The van der Waals surface area contributed by atoms with Crippen LogP contribution in [0, 0.1) is 52.4 Å². The van der Waals surface area contributed by atoms with Crippen LogP contribution in [0.5, 0.6) is 23.1 Å². The summed E-state index contributed by atoms with van der Waals surface area (Å²) in [7, 11) is 0. The van der Waals surface area contributed by atoms with Crippen LogP contribution in [-0.4, -0.2) is 89.7 Å². The van der Waals surface area contributed by atoms with E-state index in [4.69, 9.17) is 23.7 Å². The fourth-order valence-electron chi connectivity index (χ4n) is 10.8. The summed E-state index contributed by atoms with van der Waals surface area (Å²) >= 11 is 1.99. The number of nitrogens with one attached hydrogen (secondary N) is 2. The Morgan fingerprint density at radius 1 is 0.607 bits per heavy atom. The lowest BCUT2D eigenvalue weighted by molar-refractivity contribution is -0.315. The van der Waals surface area contributed by atoms with Gasteiger partial charge in [-0.2, -0.15) is 0 Å². The number of thioether (sulfide) groups is 1. The number of phenolic OH excluding ortho intramolecular Hbond substituents is 3. The second-order valence-electron chi connectivity index (χ2n) is 23.6. The van der Waals surface area contributed by atoms with Gasteiger partial charge in [-0.05, 0) is 154 Å². The summed E-state index contributed by atoms with van der Waals surface area (Å²) in [5.74, 6) is -0.110. The summed E-state index contributed by atoms with van der Waals surface area (Å²) < 4.78 is 29.7. The molecule has 1 spiro atoms. The number of pyridine rings is 1. The molecule has 9 rings (SSSR count). The number of aromatic hydroxyl groups is 3. The molecule has 15 heteroatoms. The number of hydrogen-bond donors (Lipinski definition) is 5. The Kier molecular flexibility index (Phi) is 23.4. The predicted octanol–water partition coefficient (Wildman–Crippen LogP) is 13.0. The molecular weight excluding hydrogens is 1080 g/mol. The summed E-state index contributed by atoms with van der Waals surface area (Å²) in [6.45, 7) is 21.2. The van der Waals surface area contributed by atoms with Crippen molar-refractivity contribution in [3.63, 3.8) is 0 Å². The highest BCUT2D eigenvalue weighted by Gasteiger charge is 2.50. The Hall–Kier alpha value is -6.75. The number of benzene rings is 5. The first-order valence-electron chi connectivity index (χ1n) is 29.5. The molecule has 84 heavy (non-hydrogen) atoms. The quantitative estimate of drug-likeness (QED) is 0.0510. The van der Waals surface area contributed by atoms with Crippen LogP contribution in [-0.2, 0) is 52.6 Å². The maximum absolute atomic E-state index is 12.7. The van der Waals surface area contributed by atoms with Gasteiger partial charge in [0, 0.05) is 53.9 Å². The second kappa shape index (κ2) is 30.4. The summed E-state index contributed by atoms with van der Waals surface area (Å²) in [6, 6.07) is 37.9. The van der Waals surface area contributed by atoms with E-state index < -0.39 is 5.79 Å². The van der Waals surface area contributed by atoms with Crippen molar-refractivity contribution in [1.29, 1.82) is 0 Å². The molecule has 0 saturated carbocycles. The standard InChI is InChI=1S/C34H40O5S.C19H30N2O3.C16H17NO3/c1-4-33(21-37-31(35)16-15-26-17-24(2)32(36)25(3)18-26)22-38-34(39-23-33)19-29(27-11-7-5-8-12-27)40-30(20-34)28-13-9-6-10-14-28;1-13-10-15(11-14(2)17(13)23)6-7-16(22)24-12-19(3,4)18-20-8-5-9-21-18;1-11-9-13(10-12(2)16(11)19)6-7-15(18)20-14-5-3-4-8-17-14/h5-14,17-18,29-30,36H,4,15-16,19-23H2,1-3H3;10-11,18,20-21,23H,5-9,12H2,1-4H3;3-5,8-10,19H,6-7H2,1-2H3. The molecule has 0 aliphatic carbocycles. The van der Waals surface area contributed by atoms with Gasteiger partial charge in [0.15, 0.2) is 5.79 Å². The Balaban J connectivity index is 0.000000196. The van der Waals surface area contributed by atoms with Gasteiger partial charge in [0.25, 0.3) is 0 Å². The monoisotopic (exact) mass is 1170 g/mol. The van der Waals surface area contributed by atoms with Crippen LogP contribution in [0.15, 0.2) is 121 Å². The Morgan fingerprint density at radius 2 is 1.02 bits per heavy atom. The van der Waals surface area contributed by atoms with E-state index in [1.165, 1.54) is 11.1 Å². The van der Waals surface area contributed by atoms with E-state index in [9.17, 15) is 29.7 Å². The van der Waals surface area contributed by atoms with Gasteiger partial charge in [-0.3, -0.25) is 14.4 Å². The lowest BCUT2D eigenvalue weighted by atomic mass is 9.85. The normalized spacial score (nSPS) is 19.7. The highest BCUT2D eigenvalue weighted by Crippen LogP contribution is 2.56. The number of nitrogens with zero attached hydrogens (tertiary/aromatic N) is 1. The first kappa shape index (κ1) is 64.8. The lowest BCUT2D eigenvalue weighted by Crippen LogP contribution is -2.57. The number of esters is 3. The lowest BCUT2D eigenvalue weighted by Gasteiger charge is -2.50. The van der Waals surface area contributed by atoms with Crippen molar-refractivity contribution in [2.75, 3.05) is 39.5 Å². The zero-order valence-corrected chi connectivity index (χ0v) is 51.4. The third-order valence-corrected chi connectivity index (χ3v) is 17.6. The molecule has 0 radical (unpaired) electrons. The number of ether oxygens (including phenoxy) is 5. The molecular formula is C69H87N3O11S. The third-order valence-electron chi connectivity index (χ3n) is 16.0. The van der Waals surface area contributed by atoms with Gasteiger partial charge in [-0.25, -0.2) is 4.98 Å². The summed E-state index contributed by atoms with van der Waals surface area (Å²) in [6.07, 6.45) is 7.95. The molecule has 450 valence electrons. The summed E-state index contributed by atoms with van der Waals surface area (Å²) in [5.41, 5.74) is 10.1. The van der Waals surface area contributed by atoms with Crippen molar-refractivity contribution in [3.8, 4) is 23.1 Å². The molecule has 2 unspecified atom stereocenters. The van der Waals surface area contributed by atoms with Gasteiger partial charge in [0.1, 0.15) is 23.9 Å². The summed E-state index contributed by atoms with van der Waals surface area (Å²) in [5, 5.41) is 36.9. The number of rotatable bonds is 18. The first-order chi connectivity index (χ1) is 40.2. The SMILES string of the molecule is CCC1(COC(=O)CCc2cc(C)c(O)c(C)c2)COC2(CC(c3ccccc3)SC(c3ccccc3)C2)OC1.Cc1cc(CCC(=O)OCC(C)(C)C2NCCCN2)cc(C)c1O.Cc1cc(CCC(=O)Oc2ccccn2)cc(C)c1O. The number of phenols is 3. The van der Waals surface area contributed by atoms with Gasteiger partial charge in [0.05, 0.1) is 37.8 Å². The van der Waals surface area contributed by atoms with Gasteiger partial charge < -0.3 is 49.6 Å². The molecule has 0 bridgehead atoms. The van der Waals surface area contributed by atoms with Crippen LogP contribution in [0.25, 0.3) is 0 Å². The minimum absolute atomic E-state index is 0.151. The largest absolute Gasteiger partial charge is 0.507 e. The summed E-state index contributed by atoms with van der Waals surface area (Å²) in [4.78, 5) is 40.4. The molecule has 6 aromatic rings. The van der Waals surface area contributed by atoms with Gasteiger partial charge in [-0.1, -0.05) is 124 Å². The van der Waals surface area contributed by atoms with E-state index in [1.54, 1.807) is 24.4 Å². The van der Waals surface area contributed by atoms with Gasteiger partial charge in [0.2, 0.25) is 5.88 Å². The maximum Gasteiger partial charge on any atom is 0.312 e. The molecule has 5 aromatic carbocycles. The van der Waals surface area contributed by atoms with Crippen LogP contribution in [0.2, 0.25) is 0 Å². The van der Waals surface area contributed by atoms with E-state index in [0.717, 1.165) is 88.8 Å². The smallest absolute Gasteiger partial charge is 0.312 e. The molecule has 0 amide bonds. The molecule has 3 fully saturated rings. The Bertz CT molecular complexity index is 2990. The minimum Gasteiger partial charge on any atom is -0.507 e. The average Bonchev–Trinajstić information content (AvgIpc) is 2.84. The van der Waals surface area contributed by atoms with Crippen LogP contribution in [0.1, 0.15) is 137 Å². The Labute approximate surface area is 501 Å². The maximum atomic E-state index is 12.7. The fraction of sp³-hybridized carbons (Fsp3) is 0.449. The van der Waals surface area contributed by atoms with Crippen molar-refractivity contribution in [2.24, 2.45) is 10.8 Å². The van der Waals surface area contributed by atoms with E-state index in [2.05, 4.69) is 97.1 Å². The van der Waals surface area contributed by atoms with E-state index in [-0.39, 0.29) is 58.4 Å². The first-order valence-corrected chi connectivity index (χ1v) is 30.4. The number of carbonyl (C=O) groups is 3. The van der Waals surface area contributed by atoms with Crippen LogP contribution < -0.4 is 15.4 Å². The molecule has 3 aliphatic rings. The number of hydrogen-bond acceptors (Lipinski definition) is 15. The zero-order valence-electron chi connectivity index (χ0n) is 50.6. The molecule has 4 heterocycles. The molecule has 3 aliphatic heterocycles. The van der Waals surface area contributed by atoms with E-state index >= 15 is 0 Å². The van der Waals surface area contributed by atoms with Crippen LogP contribution in [0.4, 0.5) is 0 Å². The second-order valence-corrected chi connectivity index (χ2v) is 25.0. The van der Waals surface area contributed by atoms with Gasteiger partial charge in [-0.15, -0.1) is 11.8 Å². The van der Waals surface area contributed by atoms with Crippen molar-refractivity contribution in [2.45, 2.75) is 149 Å². The van der Waals surface area contributed by atoms with Crippen LogP contribution >= 0.6 is 11.8 Å². The van der Waals surface area contributed by atoms with Crippen molar-refractivity contribution in [3.05, 3.63) is 183 Å². The van der Waals surface area contributed by atoms with Gasteiger partial charge >= 0.3 is 17.9 Å². The topological polar surface area (TPSA) is 195 Å². The number of aromatic nitrogens is 1. The minimum atomic E-state index is -0.663. The third kappa shape index (κ3) is 18.6. The average molecular weight is 1170 g/mol. The molecule has 5 N–H and O–H groups in total. The highest BCUT2D eigenvalue weighted by atomic mass is 32.2. The fourth-order valence-corrected chi connectivity index (χ4v) is 12.5. The Morgan fingerprint density at radius 3 is 1.44 bits per heavy atom. The molecule has 1 aromatic heterocycles. The predicted molar refractivity (Wildman–Crippen MR) is 330 cm³/mol. The molecule has 2 atom stereocenters. The van der Waals surface area contributed by atoms with Crippen LogP contribution in [0.3, 0.4) is 0 Å². The zero-order chi connectivity index (χ0) is 60.4. The highest BCUT2D eigenvalue weighted by molar-refractivity contribution is 7.99. The van der Waals surface area contributed by atoms with Crippen molar-refractivity contribution >= 4 is 29.7 Å². The number of carbonyl (C=O) groups excluding carboxylic acids is 3. The van der Waals surface area contributed by atoms with Crippen molar-refractivity contribution < 1.29 is 53.4 Å². The molecule has 14 nitrogen and oxygen atoms in total. The van der Waals surface area contributed by atoms with E-state index in [0.29, 0.717) is 75.1 Å².